The first-order chi connectivity index (χ1) is 5.62. The van der Waals surface area contributed by atoms with E-state index >= 15 is 0 Å². The third kappa shape index (κ3) is 1.19. The minimum atomic E-state index is -0.506. The van der Waals surface area contributed by atoms with Gasteiger partial charge in [-0.3, -0.25) is 4.79 Å². The third-order valence-electron chi connectivity index (χ3n) is 2.23. The van der Waals surface area contributed by atoms with Crippen molar-refractivity contribution in [3.05, 3.63) is 21.9 Å². The van der Waals surface area contributed by atoms with Crippen molar-refractivity contribution in [3.63, 3.8) is 0 Å². The maximum atomic E-state index is 11.6. The van der Waals surface area contributed by atoms with E-state index in [2.05, 4.69) is 0 Å². The van der Waals surface area contributed by atoms with Crippen LogP contribution in [0.15, 0.2) is 11.4 Å². The molecule has 2 N–H and O–H groups in total. The second-order valence-corrected chi connectivity index (χ2v) is 4.55. The molecule has 12 heavy (non-hydrogen) atoms. The molecule has 1 fully saturated rings. The highest BCUT2D eigenvalue weighted by molar-refractivity contribution is 7.10. The molecule has 64 valence electrons. The van der Waals surface area contributed by atoms with Crippen LogP contribution in [0, 0.1) is 6.92 Å². The molecule has 0 aromatic carbocycles. The maximum Gasteiger partial charge on any atom is 0.183 e. The lowest BCUT2D eigenvalue weighted by Gasteiger charge is -2.03. The van der Waals surface area contributed by atoms with E-state index in [4.69, 9.17) is 5.73 Å². The molecule has 0 saturated heterocycles. The third-order valence-corrected chi connectivity index (χ3v) is 3.10. The van der Waals surface area contributed by atoms with Crippen molar-refractivity contribution in [2.24, 2.45) is 5.73 Å². The van der Waals surface area contributed by atoms with Crippen molar-refractivity contribution in [1.29, 1.82) is 0 Å². The van der Waals surface area contributed by atoms with E-state index < -0.39 is 5.54 Å². The molecule has 1 aromatic rings. The molecular weight excluding hydrogens is 170 g/mol. The van der Waals surface area contributed by atoms with E-state index in [1.165, 1.54) is 4.88 Å². The molecule has 3 heteroatoms. The lowest BCUT2D eigenvalue weighted by Crippen LogP contribution is -2.32. The normalized spacial score (nSPS) is 19.2. The summed E-state index contributed by atoms with van der Waals surface area (Å²) in [4.78, 5) is 12.8. The zero-order valence-corrected chi connectivity index (χ0v) is 7.78. The number of carbonyl (C=O) groups is 1. The lowest BCUT2D eigenvalue weighted by molar-refractivity contribution is 0.0949. The summed E-state index contributed by atoms with van der Waals surface area (Å²) in [7, 11) is 0. The Labute approximate surface area is 75.4 Å². The van der Waals surface area contributed by atoms with Gasteiger partial charge in [-0.25, -0.2) is 0 Å². The largest absolute Gasteiger partial charge is 0.319 e. The molecule has 2 rings (SSSR count). The summed E-state index contributed by atoms with van der Waals surface area (Å²) in [6.07, 6.45) is 1.70. The fourth-order valence-electron chi connectivity index (χ4n) is 1.21. The second-order valence-electron chi connectivity index (χ2n) is 3.43. The molecule has 0 bridgehead atoms. The average Bonchev–Trinajstić information content (AvgIpc) is 2.62. The van der Waals surface area contributed by atoms with E-state index in [9.17, 15) is 4.79 Å². The van der Waals surface area contributed by atoms with E-state index in [0.29, 0.717) is 0 Å². The molecule has 0 atom stereocenters. The first-order valence-corrected chi connectivity index (χ1v) is 4.89. The smallest absolute Gasteiger partial charge is 0.183 e. The lowest BCUT2D eigenvalue weighted by atomic mass is 10.1. The molecule has 2 nitrogen and oxygen atoms in total. The number of rotatable bonds is 2. The Morgan fingerprint density at radius 3 is 2.75 bits per heavy atom. The quantitative estimate of drug-likeness (QED) is 0.706. The van der Waals surface area contributed by atoms with Gasteiger partial charge in [-0.15, -0.1) is 11.3 Å². The number of carbonyl (C=O) groups excluding carboxylic acids is 1. The highest BCUT2D eigenvalue weighted by Gasteiger charge is 2.46. The summed E-state index contributed by atoms with van der Waals surface area (Å²) in [5.74, 6) is 0.117. The van der Waals surface area contributed by atoms with E-state index in [-0.39, 0.29) is 5.78 Å². The van der Waals surface area contributed by atoms with Crippen LogP contribution in [0.4, 0.5) is 0 Å². The van der Waals surface area contributed by atoms with Gasteiger partial charge >= 0.3 is 0 Å². The van der Waals surface area contributed by atoms with Gasteiger partial charge in [0.05, 0.1) is 5.54 Å². The molecule has 1 aliphatic rings. The summed E-state index contributed by atoms with van der Waals surface area (Å²) >= 11 is 1.60. The van der Waals surface area contributed by atoms with E-state index in [1.807, 2.05) is 18.4 Å². The van der Waals surface area contributed by atoms with Gasteiger partial charge in [0.25, 0.3) is 0 Å². The Kier molecular flexibility index (Phi) is 1.59. The Bertz CT molecular complexity index is 325. The monoisotopic (exact) mass is 181 g/mol. The average molecular weight is 181 g/mol. The predicted octanol–water partition coefficient (Wildman–Crippen LogP) is 1.73. The molecule has 1 saturated carbocycles. The van der Waals surface area contributed by atoms with Gasteiger partial charge < -0.3 is 5.73 Å². The highest BCUT2D eigenvalue weighted by Crippen LogP contribution is 2.36. The van der Waals surface area contributed by atoms with Crippen LogP contribution in [0.25, 0.3) is 0 Å². The van der Waals surface area contributed by atoms with Crippen LogP contribution in [0.2, 0.25) is 0 Å². The number of nitrogens with two attached hydrogens (primary N) is 1. The summed E-state index contributed by atoms with van der Waals surface area (Å²) in [6, 6.07) is 1.92. The molecule has 0 amide bonds. The van der Waals surface area contributed by atoms with Crippen molar-refractivity contribution in [3.8, 4) is 0 Å². The van der Waals surface area contributed by atoms with Crippen molar-refractivity contribution >= 4 is 17.1 Å². The van der Waals surface area contributed by atoms with Crippen molar-refractivity contribution < 1.29 is 4.79 Å². The molecule has 0 unspecified atom stereocenters. The molecule has 1 heterocycles. The number of thiophene rings is 1. The van der Waals surface area contributed by atoms with Gasteiger partial charge in [0.15, 0.2) is 5.78 Å². The van der Waals surface area contributed by atoms with Crippen LogP contribution in [0.1, 0.15) is 28.1 Å². The van der Waals surface area contributed by atoms with Gasteiger partial charge in [-0.05, 0) is 25.8 Å². The summed E-state index contributed by atoms with van der Waals surface area (Å²) in [5, 5.41) is 1.89. The summed E-state index contributed by atoms with van der Waals surface area (Å²) in [5.41, 5.74) is 6.07. The highest BCUT2D eigenvalue weighted by atomic mass is 32.1. The first-order valence-electron chi connectivity index (χ1n) is 4.01. The van der Waals surface area contributed by atoms with Gasteiger partial charge in [0, 0.05) is 15.8 Å². The van der Waals surface area contributed by atoms with Crippen LogP contribution in [-0.2, 0) is 0 Å². The van der Waals surface area contributed by atoms with Crippen LogP contribution >= 0.6 is 11.3 Å². The number of hydrogen-bond acceptors (Lipinski definition) is 3. The van der Waals surface area contributed by atoms with Crippen molar-refractivity contribution in [2.75, 3.05) is 0 Å². The Hall–Kier alpha value is -0.670. The topological polar surface area (TPSA) is 43.1 Å². The van der Waals surface area contributed by atoms with Gasteiger partial charge in [-0.1, -0.05) is 0 Å². The van der Waals surface area contributed by atoms with Crippen LogP contribution in [0.5, 0.6) is 0 Å². The summed E-state index contributed by atoms with van der Waals surface area (Å²) < 4.78 is 0. The minimum Gasteiger partial charge on any atom is -0.319 e. The zero-order chi connectivity index (χ0) is 8.77. The second kappa shape index (κ2) is 2.41. The van der Waals surface area contributed by atoms with Gasteiger partial charge in [-0.2, -0.15) is 0 Å². The molecule has 1 aromatic heterocycles. The molecule has 1 aliphatic carbocycles. The van der Waals surface area contributed by atoms with Crippen LogP contribution < -0.4 is 5.73 Å². The summed E-state index contributed by atoms with van der Waals surface area (Å²) in [6.45, 7) is 2.00. The zero-order valence-electron chi connectivity index (χ0n) is 6.96. The molecular formula is C9H11NOS. The van der Waals surface area contributed by atoms with Crippen molar-refractivity contribution in [1.82, 2.24) is 0 Å². The number of Topliss-reactive ketones (excluding diaryl/α,β-unsaturated/α-hetero) is 1. The maximum absolute atomic E-state index is 11.6. The fourth-order valence-corrected chi connectivity index (χ4v) is 1.89. The number of aryl methyl sites for hydroxylation is 1. The van der Waals surface area contributed by atoms with Gasteiger partial charge in [0.1, 0.15) is 0 Å². The Morgan fingerprint density at radius 2 is 2.33 bits per heavy atom. The number of ketones is 1. The SMILES string of the molecule is Cc1cc(C(=O)C2(N)CC2)cs1. The minimum absolute atomic E-state index is 0.117. The first kappa shape index (κ1) is 7.95. The van der Waals surface area contributed by atoms with Crippen LogP contribution in [0.3, 0.4) is 0 Å². The van der Waals surface area contributed by atoms with Crippen LogP contribution in [-0.4, -0.2) is 11.3 Å². The Balaban J connectivity index is 2.25. The fraction of sp³-hybridized carbons (Fsp3) is 0.444. The number of hydrogen-bond donors (Lipinski definition) is 1. The van der Waals surface area contributed by atoms with E-state index in [0.717, 1.165) is 18.4 Å². The molecule has 0 spiro atoms. The predicted molar refractivity (Wildman–Crippen MR) is 49.5 cm³/mol. The molecule has 0 aliphatic heterocycles. The van der Waals surface area contributed by atoms with E-state index in [1.54, 1.807) is 11.3 Å². The Morgan fingerprint density at radius 1 is 1.67 bits per heavy atom. The van der Waals surface area contributed by atoms with Gasteiger partial charge in [0.2, 0.25) is 0 Å². The standard InChI is InChI=1S/C9H11NOS/c1-6-4-7(5-12-6)8(11)9(10)2-3-9/h4-5H,2-3,10H2,1H3. The van der Waals surface area contributed by atoms with Crippen molar-refractivity contribution in [2.45, 2.75) is 25.3 Å². The molecule has 0 radical (unpaired) electrons.